The summed E-state index contributed by atoms with van der Waals surface area (Å²) in [6.07, 6.45) is 5.60. The summed E-state index contributed by atoms with van der Waals surface area (Å²) >= 11 is 0. The summed E-state index contributed by atoms with van der Waals surface area (Å²) in [5, 5.41) is 7.41. The van der Waals surface area contributed by atoms with Crippen LogP contribution in [0.3, 0.4) is 0 Å². The molecule has 7 nitrogen and oxygen atoms in total. The molecule has 0 unspecified atom stereocenters. The van der Waals surface area contributed by atoms with E-state index in [0.717, 1.165) is 75.8 Å². The highest BCUT2D eigenvalue weighted by Crippen LogP contribution is 2.31. The highest BCUT2D eigenvalue weighted by molar-refractivity contribution is 5.94. The molecule has 4 heterocycles. The van der Waals surface area contributed by atoms with Crippen molar-refractivity contribution < 1.29 is 14.3 Å². The Morgan fingerprint density at radius 2 is 1.93 bits per heavy atom. The normalized spacial score (nSPS) is 27.0. The number of hydrogen-bond donors (Lipinski definition) is 1. The Hall–Kier alpha value is -1.44. The fraction of sp³-hybridized carbons (Fsp3) is 0.810. The molecule has 156 valence electrons. The van der Waals surface area contributed by atoms with E-state index in [1.54, 1.807) is 0 Å². The molecular formula is C21H34N4O3. The molecule has 1 amide bonds. The molecule has 1 N–H and O–H groups in total. The van der Waals surface area contributed by atoms with Crippen molar-refractivity contribution in [1.29, 1.82) is 0 Å². The van der Waals surface area contributed by atoms with Crippen LogP contribution in [0.25, 0.3) is 0 Å². The summed E-state index contributed by atoms with van der Waals surface area (Å²) < 4.78 is 11.3. The van der Waals surface area contributed by atoms with E-state index in [2.05, 4.69) is 22.0 Å². The van der Waals surface area contributed by atoms with Gasteiger partial charge in [-0.2, -0.15) is 5.10 Å². The van der Waals surface area contributed by atoms with Gasteiger partial charge < -0.3 is 14.4 Å². The first-order valence-corrected chi connectivity index (χ1v) is 10.9. The number of morpholine rings is 1. The average Bonchev–Trinajstić information content (AvgIpc) is 3.13. The van der Waals surface area contributed by atoms with Gasteiger partial charge in [-0.3, -0.25) is 14.8 Å². The maximum absolute atomic E-state index is 13.1. The van der Waals surface area contributed by atoms with Crippen molar-refractivity contribution in [1.82, 2.24) is 20.0 Å². The van der Waals surface area contributed by atoms with Crippen LogP contribution in [0.2, 0.25) is 0 Å². The maximum Gasteiger partial charge on any atom is 0.274 e. The van der Waals surface area contributed by atoms with Crippen molar-refractivity contribution in [2.45, 2.75) is 58.2 Å². The monoisotopic (exact) mass is 390 g/mol. The van der Waals surface area contributed by atoms with Gasteiger partial charge in [0, 0.05) is 38.2 Å². The first-order chi connectivity index (χ1) is 13.6. The lowest BCUT2D eigenvalue weighted by molar-refractivity contribution is -0.00703. The smallest absolute Gasteiger partial charge is 0.274 e. The molecule has 2 fully saturated rings. The predicted molar refractivity (Wildman–Crippen MR) is 106 cm³/mol. The summed E-state index contributed by atoms with van der Waals surface area (Å²) in [6, 6.07) is 0. The van der Waals surface area contributed by atoms with Crippen LogP contribution in [0.15, 0.2) is 0 Å². The van der Waals surface area contributed by atoms with Gasteiger partial charge in [0.05, 0.1) is 31.1 Å². The van der Waals surface area contributed by atoms with Crippen LogP contribution in [0.5, 0.6) is 0 Å². The Labute approximate surface area is 167 Å². The van der Waals surface area contributed by atoms with Crippen molar-refractivity contribution in [3.05, 3.63) is 17.0 Å². The fourth-order valence-corrected chi connectivity index (χ4v) is 4.85. The van der Waals surface area contributed by atoms with Gasteiger partial charge in [0.25, 0.3) is 5.91 Å². The van der Waals surface area contributed by atoms with E-state index in [4.69, 9.17) is 9.47 Å². The van der Waals surface area contributed by atoms with Crippen LogP contribution in [-0.2, 0) is 15.9 Å². The number of carbonyl (C=O) groups is 1. The summed E-state index contributed by atoms with van der Waals surface area (Å²) in [4.78, 5) is 17.6. The molecule has 2 saturated heterocycles. The minimum Gasteiger partial charge on any atom is -0.379 e. The second-order valence-corrected chi connectivity index (χ2v) is 8.59. The van der Waals surface area contributed by atoms with Crippen LogP contribution in [-0.4, -0.2) is 77.9 Å². The van der Waals surface area contributed by atoms with E-state index in [0.29, 0.717) is 5.69 Å². The highest BCUT2D eigenvalue weighted by Gasteiger charge is 2.32. The zero-order valence-corrected chi connectivity index (χ0v) is 17.3. The maximum atomic E-state index is 13.1. The molecular weight excluding hydrogens is 356 g/mol. The number of carbonyl (C=O) groups excluding carboxylic acids is 1. The van der Waals surface area contributed by atoms with Crippen molar-refractivity contribution in [3.8, 4) is 0 Å². The van der Waals surface area contributed by atoms with Crippen molar-refractivity contribution in [2.24, 2.45) is 5.92 Å². The molecule has 0 radical (unpaired) electrons. The first kappa shape index (κ1) is 19.9. The number of fused-ring (bicyclic) bond motifs is 1. The van der Waals surface area contributed by atoms with Gasteiger partial charge in [-0.25, -0.2) is 0 Å². The van der Waals surface area contributed by atoms with Crippen LogP contribution in [0, 0.1) is 5.92 Å². The van der Waals surface area contributed by atoms with Crippen LogP contribution < -0.4 is 0 Å². The van der Waals surface area contributed by atoms with Crippen LogP contribution in [0.1, 0.15) is 67.4 Å². The number of aromatic amines is 1. The number of amides is 1. The molecule has 3 aliphatic heterocycles. The first-order valence-electron chi connectivity index (χ1n) is 10.9. The third kappa shape index (κ3) is 4.42. The third-order valence-electron chi connectivity index (χ3n) is 6.53. The molecule has 1 aromatic heterocycles. The quantitative estimate of drug-likeness (QED) is 0.836. The van der Waals surface area contributed by atoms with Gasteiger partial charge in [0.15, 0.2) is 5.69 Å². The van der Waals surface area contributed by atoms with Gasteiger partial charge in [0.2, 0.25) is 0 Å². The largest absolute Gasteiger partial charge is 0.379 e. The number of piperidine rings is 1. The number of likely N-dealkylation sites (tertiary alicyclic amines) is 1. The van der Waals surface area contributed by atoms with E-state index < -0.39 is 0 Å². The molecule has 7 heteroatoms. The Balaban J connectivity index is 1.25. The molecule has 28 heavy (non-hydrogen) atoms. The number of nitrogens with one attached hydrogen (secondary N) is 1. The molecule has 0 aromatic carbocycles. The average molecular weight is 391 g/mol. The summed E-state index contributed by atoms with van der Waals surface area (Å²) in [7, 11) is 0. The highest BCUT2D eigenvalue weighted by atomic mass is 16.5. The standard InChI is InChI=1S/C21H34N4O3/c1-15-14-18-19(16(2)28-15)22-23-20(18)21(26)25-8-5-17(6-9-25)4-3-7-24-10-12-27-13-11-24/h15-17H,3-14H2,1-2H3,(H,22,23)/t15-,16+/m1/s1. The lowest BCUT2D eigenvalue weighted by atomic mass is 9.91. The van der Waals surface area contributed by atoms with E-state index in [1.165, 1.54) is 19.4 Å². The molecule has 2 atom stereocenters. The van der Waals surface area contributed by atoms with Gasteiger partial charge >= 0.3 is 0 Å². The molecule has 0 aliphatic carbocycles. The zero-order chi connectivity index (χ0) is 19.5. The Morgan fingerprint density at radius 1 is 1.18 bits per heavy atom. The molecule has 4 rings (SSSR count). The van der Waals surface area contributed by atoms with Crippen molar-refractivity contribution in [3.63, 3.8) is 0 Å². The van der Waals surface area contributed by atoms with Crippen LogP contribution >= 0.6 is 0 Å². The lowest BCUT2D eigenvalue weighted by Gasteiger charge is -2.33. The Bertz CT molecular complexity index is 663. The molecule has 0 saturated carbocycles. The number of ether oxygens (including phenoxy) is 2. The Morgan fingerprint density at radius 3 is 2.68 bits per heavy atom. The van der Waals surface area contributed by atoms with Crippen molar-refractivity contribution in [2.75, 3.05) is 45.9 Å². The molecule has 3 aliphatic rings. The number of H-pyrrole nitrogens is 1. The predicted octanol–water partition coefficient (Wildman–Crippen LogP) is 2.40. The molecule has 1 aromatic rings. The topological polar surface area (TPSA) is 70.7 Å². The minimum atomic E-state index is -0.0231. The van der Waals surface area contributed by atoms with E-state index in [1.807, 2.05) is 11.8 Å². The van der Waals surface area contributed by atoms with Gasteiger partial charge in [-0.05, 0) is 52.0 Å². The molecule has 0 bridgehead atoms. The van der Waals surface area contributed by atoms with E-state index >= 15 is 0 Å². The number of rotatable bonds is 5. The zero-order valence-electron chi connectivity index (χ0n) is 17.3. The van der Waals surface area contributed by atoms with Gasteiger partial charge in [-0.1, -0.05) is 0 Å². The lowest BCUT2D eigenvalue weighted by Crippen LogP contribution is -2.40. The second-order valence-electron chi connectivity index (χ2n) is 8.59. The van der Waals surface area contributed by atoms with Gasteiger partial charge in [-0.15, -0.1) is 0 Å². The Kier molecular flexibility index (Phi) is 6.33. The van der Waals surface area contributed by atoms with Gasteiger partial charge in [0.1, 0.15) is 0 Å². The summed E-state index contributed by atoms with van der Waals surface area (Å²) in [5.41, 5.74) is 2.64. The second kappa shape index (κ2) is 8.93. The fourth-order valence-electron chi connectivity index (χ4n) is 4.85. The number of aromatic nitrogens is 2. The number of hydrogen-bond acceptors (Lipinski definition) is 5. The van der Waals surface area contributed by atoms with E-state index in [-0.39, 0.29) is 18.1 Å². The van der Waals surface area contributed by atoms with Crippen LogP contribution in [0.4, 0.5) is 0 Å². The summed E-state index contributed by atoms with van der Waals surface area (Å²) in [5.74, 6) is 0.831. The third-order valence-corrected chi connectivity index (χ3v) is 6.53. The van der Waals surface area contributed by atoms with E-state index in [9.17, 15) is 4.79 Å². The SMILES string of the molecule is C[C@@H]1Cc2c(C(=O)N3CCC(CCCN4CCOCC4)CC3)n[nH]c2[C@H](C)O1. The van der Waals surface area contributed by atoms with Crippen molar-refractivity contribution >= 4 is 5.91 Å². The number of nitrogens with zero attached hydrogens (tertiary/aromatic N) is 3. The molecule has 0 spiro atoms. The summed E-state index contributed by atoms with van der Waals surface area (Å²) in [6.45, 7) is 10.9. The minimum absolute atomic E-state index is 0.0231.